The normalized spacial score (nSPS) is 11.0. The number of anilines is 1. The molecule has 0 fully saturated rings. The molecule has 23 heavy (non-hydrogen) atoms. The number of rotatable bonds is 2. The largest absolute Gasteiger partial charge is 0.383 e. The fourth-order valence-electron chi connectivity index (χ4n) is 2.80. The van der Waals surface area contributed by atoms with Gasteiger partial charge in [-0.1, -0.05) is 54.6 Å². The van der Waals surface area contributed by atoms with E-state index in [9.17, 15) is 0 Å². The van der Waals surface area contributed by atoms with Crippen LogP contribution >= 0.6 is 0 Å². The van der Waals surface area contributed by atoms with Gasteiger partial charge in [0.25, 0.3) is 5.78 Å². The SMILES string of the molecule is Cc1nc2ncnn2c(N)c1-c1ccc(-c2ccccc2)cc1. The Morgan fingerprint density at radius 1 is 0.870 bits per heavy atom. The number of aryl methyl sites for hydroxylation is 1. The van der Waals surface area contributed by atoms with Crippen molar-refractivity contribution < 1.29 is 0 Å². The lowest BCUT2D eigenvalue weighted by Gasteiger charge is -2.11. The van der Waals surface area contributed by atoms with Crippen LogP contribution in [0.15, 0.2) is 60.9 Å². The van der Waals surface area contributed by atoms with Crippen LogP contribution in [0.1, 0.15) is 5.69 Å². The summed E-state index contributed by atoms with van der Waals surface area (Å²) in [6.07, 6.45) is 1.46. The van der Waals surface area contributed by atoms with Gasteiger partial charge in [-0.05, 0) is 23.6 Å². The third-order valence-corrected chi connectivity index (χ3v) is 3.92. The fraction of sp³-hybridized carbons (Fsp3) is 0.0556. The third-order valence-electron chi connectivity index (χ3n) is 3.92. The summed E-state index contributed by atoms with van der Waals surface area (Å²) in [5, 5.41) is 4.13. The van der Waals surface area contributed by atoms with Crippen LogP contribution in [0.3, 0.4) is 0 Å². The molecule has 4 rings (SSSR count). The van der Waals surface area contributed by atoms with Crippen molar-refractivity contribution in [2.45, 2.75) is 6.92 Å². The Hall–Kier alpha value is -3.21. The average molecular weight is 301 g/mol. The molecule has 0 aliphatic rings. The van der Waals surface area contributed by atoms with E-state index in [4.69, 9.17) is 5.73 Å². The number of nitrogens with two attached hydrogens (primary N) is 1. The quantitative estimate of drug-likeness (QED) is 0.616. The van der Waals surface area contributed by atoms with Gasteiger partial charge in [0.2, 0.25) is 0 Å². The first-order valence-electron chi connectivity index (χ1n) is 7.36. The molecule has 0 atom stereocenters. The molecule has 0 aliphatic heterocycles. The van der Waals surface area contributed by atoms with Crippen LogP contribution in [0.2, 0.25) is 0 Å². The number of benzene rings is 2. The van der Waals surface area contributed by atoms with E-state index in [1.165, 1.54) is 17.5 Å². The molecule has 4 aromatic rings. The van der Waals surface area contributed by atoms with Gasteiger partial charge < -0.3 is 5.73 Å². The average Bonchev–Trinajstić information content (AvgIpc) is 3.05. The Bertz CT molecular complexity index is 972. The van der Waals surface area contributed by atoms with Crippen molar-refractivity contribution in [3.05, 3.63) is 66.6 Å². The highest BCUT2D eigenvalue weighted by molar-refractivity contribution is 5.79. The number of aromatic nitrogens is 4. The molecule has 0 bridgehead atoms. The highest BCUT2D eigenvalue weighted by atomic mass is 15.3. The number of fused-ring (bicyclic) bond motifs is 1. The van der Waals surface area contributed by atoms with Crippen molar-refractivity contribution in [1.82, 2.24) is 19.6 Å². The lowest BCUT2D eigenvalue weighted by Crippen LogP contribution is -2.05. The topological polar surface area (TPSA) is 69.1 Å². The van der Waals surface area contributed by atoms with Crippen molar-refractivity contribution in [2.24, 2.45) is 0 Å². The molecule has 2 heterocycles. The predicted molar refractivity (Wildman–Crippen MR) is 90.8 cm³/mol. The summed E-state index contributed by atoms with van der Waals surface area (Å²) in [4.78, 5) is 8.55. The van der Waals surface area contributed by atoms with E-state index in [1.807, 2.05) is 25.1 Å². The molecule has 5 heteroatoms. The summed E-state index contributed by atoms with van der Waals surface area (Å²) in [6, 6.07) is 18.6. The van der Waals surface area contributed by atoms with Gasteiger partial charge in [0.1, 0.15) is 12.1 Å². The number of nitrogen functional groups attached to an aromatic ring is 1. The predicted octanol–water partition coefficient (Wildman–Crippen LogP) is 3.35. The molecule has 2 N–H and O–H groups in total. The van der Waals surface area contributed by atoms with Gasteiger partial charge >= 0.3 is 0 Å². The molecule has 2 aromatic heterocycles. The second kappa shape index (κ2) is 5.21. The molecule has 0 radical (unpaired) electrons. The van der Waals surface area contributed by atoms with Crippen LogP contribution in [0.4, 0.5) is 5.82 Å². The molecule has 0 saturated heterocycles. The van der Waals surface area contributed by atoms with E-state index in [0.29, 0.717) is 11.6 Å². The van der Waals surface area contributed by atoms with Crippen molar-refractivity contribution in [3.8, 4) is 22.3 Å². The highest BCUT2D eigenvalue weighted by Crippen LogP contribution is 2.30. The summed E-state index contributed by atoms with van der Waals surface area (Å²) in [7, 11) is 0. The van der Waals surface area contributed by atoms with E-state index in [1.54, 1.807) is 4.52 Å². The zero-order valence-electron chi connectivity index (χ0n) is 12.6. The van der Waals surface area contributed by atoms with Gasteiger partial charge in [-0.25, -0.2) is 4.98 Å². The first-order valence-corrected chi connectivity index (χ1v) is 7.36. The molecule has 5 nitrogen and oxygen atoms in total. The second-order valence-corrected chi connectivity index (χ2v) is 5.37. The van der Waals surface area contributed by atoms with Crippen molar-refractivity contribution in [2.75, 3.05) is 5.73 Å². The maximum atomic E-state index is 6.27. The lowest BCUT2D eigenvalue weighted by molar-refractivity contribution is 0.944. The molecular weight excluding hydrogens is 286 g/mol. The van der Waals surface area contributed by atoms with Crippen molar-refractivity contribution in [3.63, 3.8) is 0 Å². The van der Waals surface area contributed by atoms with Gasteiger partial charge in [-0.3, -0.25) is 0 Å². The minimum absolute atomic E-state index is 0.518. The van der Waals surface area contributed by atoms with Gasteiger partial charge in [0.05, 0.1) is 5.69 Å². The Kier molecular flexibility index (Phi) is 3.05. The van der Waals surface area contributed by atoms with Crippen LogP contribution in [0.25, 0.3) is 28.0 Å². The van der Waals surface area contributed by atoms with Crippen molar-refractivity contribution in [1.29, 1.82) is 0 Å². The second-order valence-electron chi connectivity index (χ2n) is 5.37. The summed E-state index contributed by atoms with van der Waals surface area (Å²) in [6.45, 7) is 1.94. The highest BCUT2D eigenvalue weighted by Gasteiger charge is 2.13. The van der Waals surface area contributed by atoms with Gasteiger partial charge in [-0.2, -0.15) is 14.6 Å². The maximum Gasteiger partial charge on any atom is 0.254 e. The molecule has 0 amide bonds. The van der Waals surface area contributed by atoms with Crippen LogP contribution < -0.4 is 5.73 Å². The van der Waals surface area contributed by atoms with E-state index in [-0.39, 0.29) is 0 Å². The smallest absolute Gasteiger partial charge is 0.254 e. The summed E-state index contributed by atoms with van der Waals surface area (Å²) >= 11 is 0. The van der Waals surface area contributed by atoms with Gasteiger partial charge in [-0.15, -0.1) is 0 Å². The van der Waals surface area contributed by atoms with Crippen molar-refractivity contribution >= 4 is 11.6 Å². The summed E-state index contributed by atoms with van der Waals surface area (Å²) < 4.78 is 1.56. The van der Waals surface area contributed by atoms with Gasteiger partial charge in [0, 0.05) is 5.56 Å². The van der Waals surface area contributed by atoms with E-state index in [0.717, 1.165) is 16.8 Å². The zero-order valence-corrected chi connectivity index (χ0v) is 12.6. The first-order chi connectivity index (χ1) is 11.2. The molecule has 112 valence electrons. The number of nitrogens with zero attached hydrogens (tertiary/aromatic N) is 4. The Morgan fingerprint density at radius 3 is 2.26 bits per heavy atom. The Labute approximate surface area is 133 Å². The molecule has 0 unspecified atom stereocenters. The molecule has 2 aromatic carbocycles. The van der Waals surface area contributed by atoms with E-state index in [2.05, 4.69) is 51.5 Å². The van der Waals surface area contributed by atoms with E-state index < -0.39 is 0 Å². The monoisotopic (exact) mass is 301 g/mol. The Morgan fingerprint density at radius 2 is 1.52 bits per heavy atom. The summed E-state index contributed by atoms with van der Waals surface area (Å²) in [5.41, 5.74) is 11.4. The summed E-state index contributed by atoms with van der Waals surface area (Å²) in [5.74, 6) is 1.07. The minimum atomic E-state index is 0.518. The maximum absolute atomic E-state index is 6.27. The number of hydrogen-bond acceptors (Lipinski definition) is 4. The standard InChI is InChI=1S/C18H15N5/c1-12-16(17(19)23-18(22-12)20-11-21-23)15-9-7-14(8-10-15)13-5-3-2-4-6-13/h2-11H,19H2,1H3. The Balaban J connectivity index is 1.82. The molecule has 0 aliphatic carbocycles. The third kappa shape index (κ3) is 2.23. The lowest BCUT2D eigenvalue weighted by atomic mass is 10.00. The minimum Gasteiger partial charge on any atom is -0.383 e. The van der Waals surface area contributed by atoms with Crippen LogP contribution in [-0.4, -0.2) is 19.6 Å². The zero-order chi connectivity index (χ0) is 15.8. The van der Waals surface area contributed by atoms with Crippen LogP contribution in [-0.2, 0) is 0 Å². The number of hydrogen-bond donors (Lipinski definition) is 1. The van der Waals surface area contributed by atoms with Gasteiger partial charge in [0.15, 0.2) is 0 Å². The fourth-order valence-corrected chi connectivity index (χ4v) is 2.80. The van der Waals surface area contributed by atoms with Crippen LogP contribution in [0.5, 0.6) is 0 Å². The first kappa shape index (κ1) is 13.5. The molecular formula is C18H15N5. The molecule has 0 saturated carbocycles. The van der Waals surface area contributed by atoms with Crippen LogP contribution in [0, 0.1) is 6.92 Å². The van der Waals surface area contributed by atoms with E-state index >= 15 is 0 Å². The molecule has 0 spiro atoms.